The van der Waals surface area contributed by atoms with Gasteiger partial charge in [0, 0.05) is 19.6 Å². The molecule has 126 valence electrons. The molecular weight excluding hydrogens is 260 g/mol. The monoisotopic (exact) mass is 298 g/mol. The predicted molar refractivity (Wildman–Crippen MR) is 91.9 cm³/mol. The lowest BCUT2D eigenvalue weighted by molar-refractivity contribution is -0.0566. The van der Waals surface area contributed by atoms with Gasteiger partial charge in [-0.05, 0) is 45.2 Å². The Bertz CT molecular complexity index is 229. The third-order valence-corrected chi connectivity index (χ3v) is 4.45. The Morgan fingerprint density at radius 1 is 1.00 bits per heavy atom. The topological polar surface area (TPSA) is 24.5 Å². The first-order valence-corrected chi connectivity index (χ1v) is 9.18. The summed E-state index contributed by atoms with van der Waals surface area (Å²) in [6.45, 7) is 11.5. The lowest BCUT2D eigenvalue weighted by Gasteiger charge is -2.35. The molecule has 1 aliphatic heterocycles. The quantitative estimate of drug-likeness (QED) is 0.838. The molecule has 21 heavy (non-hydrogen) atoms. The molecule has 1 heterocycles. The molecule has 0 spiro atoms. The van der Waals surface area contributed by atoms with Crippen LogP contribution in [0.15, 0.2) is 0 Å². The van der Waals surface area contributed by atoms with E-state index in [2.05, 4.69) is 31.0 Å². The Kier molecular flexibility index (Phi) is 10.3. The van der Waals surface area contributed by atoms with E-state index in [9.17, 15) is 0 Å². The first-order chi connectivity index (χ1) is 10.2. The summed E-state index contributed by atoms with van der Waals surface area (Å²) in [5.74, 6) is 0.797. The summed E-state index contributed by atoms with van der Waals surface area (Å²) >= 11 is 0. The van der Waals surface area contributed by atoms with E-state index in [1.54, 1.807) is 0 Å². The van der Waals surface area contributed by atoms with Crippen LogP contribution in [0.2, 0.25) is 0 Å². The molecule has 3 nitrogen and oxygen atoms in total. The van der Waals surface area contributed by atoms with Crippen molar-refractivity contribution < 1.29 is 4.74 Å². The van der Waals surface area contributed by atoms with Crippen molar-refractivity contribution in [2.75, 3.05) is 33.2 Å². The van der Waals surface area contributed by atoms with Gasteiger partial charge >= 0.3 is 0 Å². The largest absolute Gasteiger partial charge is 0.375 e. The van der Waals surface area contributed by atoms with Crippen LogP contribution in [-0.2, 0) is 4.74 Å². The molecule has 0 amide bonds. The molecule has 1 saturated heterocycles. The molecule has 2 rings (SSSR count). The summed E-state index contributed by atoms with van der Waals surface area (Å²) in [6, 6.07) is 0. The molecule has 0 unspecified atom stereocenters. The fourth-order valence-electron chi connectivity index (χ4n) is 3.22. The number of nitrogens with one attached hydrogen (secondary N) is 1. The summed E-state index contributed by atoms with van der Waals surface area (Å²) in [6.07, 6.45) is 10.5. The van der Waals surface area contributed by atoms with Crippen molar-refractivity contribution in [3.63, 3.8) is 0 Å². The molecular formula is C18H38N2O. The van der Waals surface area contributed by atoms with Crippen LogP contribution < -0.4 is 5.32 Å². The van der Waals surface area contributed by atoms with E-state index in [0.29, 0.717) is 12.2 Å². The van der Waals surface area contributed by atoms with Gasteiger partial charge in [0.05, 0.1) is 12.2 Å². The maximum atomic E-state index is 6.26. The number of nitrogens with zero attached hydrogens (tertiary/aromatic N) is 1. The first kappa shape index (κ1) is 18.9. The molecule has 3 heteroatoms. The van der Waals surface area contributed by atoms with E-state index in [4.69, 9.17) is 4.74 Å². The highest BCUT2D eigenvalue weighted by Gasteiger charge is 2.23. The zero-order valence-corrected chi connectivity index (χ0v) is 14.9. The first-order valence-electron chi connectivity index (χ1n) is 9.18. The summed E-state index contributed by atoms with van der Waals surface area (Å²) in [5, 5.41) is 2.93. The number of likely N-dealkylation sites (tertiary alicyclic amines) is 1. The Hall–Kier alpha value is -0.120. The minimum atomic E-state index is 0.557. The molecule has 0 aromatic heterocycles. The molecule has 2 aliphatic rings. The Labute approximate surface area is 132 Å². The summed E-state index contributed by atoms with van der Waals surface area (Å²) in [7, 11) is 1.93. The van der Waals surface area contributed by atoms with Crippen molar-refractivity contribution in [2.45, 2.75) is 77.9 Å². The minimum absolute atomic E-state index is 0.557. The van der Waals surface area contributed by atoms with Gasteiger partial charge in [0.15, 0.2) is 0 Å². The van der Waals surface area contributed by atoms with Crippen molar-refractivity contribution in [1.29, 1.82) is 0 Å². The fourth-order valence-corrected chi connectivity index (χ4v) is 3.22. The van der Waals surface area contributed by atoms with Crippen LogP contribution in [-0.4, -0.2) is 50.3 Å². The molecule has 1 aliphatic carbocycles. The van der Waals surface area contributed by atoms with Crippen LogP contribution in [0, 0.1) is 5.92 Å². The predicted octanol–water partition coefficient (Wildman–Crippen LogP) is 3.68. The molecule has 0 aromatic rings. The van der Waals surface area contributed by atoms with E-state index in [0.717, 1.165) is 12.5 Å². The van der Waals surface area contributed by atoms with Crippen molar-refractivity contribution in [2.24, 2.45) is 5.92 Å². The molecule has 2 fully saturated rings. The van der Waals surface area contributed by atoms with Gasteiger partial charge in [-0.1, -0.05) is 40.0 Å². The zero-order chi connectivity index (χ0) is 15.5. The van der Waals surface area contributed by atoms with Crippen LogP contribution in [0.3, 0.4) is 0 Å². The van der Waals surface area contributed by atoms with Gasteiger partial charge in [0.1, 0.15) is 0 Å². The van der Waals surface area contributed by atoms with Gasteiger partial charge in [-0.25, -0.2) is 0 Å². The van der Waals surface area contributed by atoms with Gasteiger partial charge in [-0.3, -0.25) is 0 Å². The summed E-state index contributed by atoms with van der Waals surface area (Å²) < 4.78 is 6.26. The van der Waals surface area contributed by atoms with Crippen molar-refractivity contribution in [3.05, 3.63) is 0 Å². The Balaban J connectivity index is 0.000000491. The third-order valence-electron chi connectivity index (χ3n) is 4.45. The Morgan fingerprint density at radius 2 is 1.52 bits per heavy atom. The van der Waals surface area contributed by atoms with E-state index in [1.807, 2.05) is 7.05 Å². The molecule has 1 N–H and O–H groups in total. The van der Waals surface area contributed by atoms with Crippen molar-refractivity contribution in [3.8, 4) is 0 Å². The van der Waals surface area contributed by atoms with E-state index in [-0.39, 0.29) is 0 Å². The normalized spacial score (nSPS) is 22.1. The lowest BCUT2D eigenvalue weighted by atomic mass is 9.97. The number of rotatable bonds is 5. The summed E-state index contributed by atoms with van der Waals surface area (Å²) in [4.78, 5) is 2.60. The second kappa shape index (κ2) is 11.4. The molecule has 0 radical (unpaired) electrons. The average molecular weight is 299 g/mol. The highest BCUT2D eigenvalue weighted by Crippen LogP contribution is 2.24. The second-order valence-electron chi connectivity index (χ2n) is 7.00. The SMILES string of the molecule is CC(C)CN1CCC(OC2CCCCC2)CC1.CCNC. The van der Waals surface area contributed by atoms with Crippen LogP contribution in [0.25, 0.3) is 0 Å². The van der Waals surface area contributed by atoms with Gasteiger partial charge < -0.3 is 15.0 Å². The maximum Gasteiger partial charge on any atom is 0.0603 e. The molecule has 0 aromatic carbocycles. The second-order valence-corrected chi connectivity index (χ2v) is 7.00. The smallest absolute Gasteiger partial charge is 0.0603 e. The van der Waals surface area contributed by atoms with Crippen LogP contribution >= 0.6 is 0 Å². The molecule has 0 bridgehead atoms. The van der Waals surface area contributed by atoms with Crippen LogP contribution in [0.5, 0.6) is 0 Å². The Morgan fingerprint density at radius 3 is 2.00 bits per heavy atom. The standard InChI is InChI=1S/C15H29NO.C3H9N/c1-13(2)12-16-10-8-15(9-11-16)17-14-6-4-3-5-7-14;1-3-4-2/h13-15H,3-12H2,1-2H3;4H,3H2,1-2H3. The number of piperidine rings is 1. The summed E-state index contributed by atoms with van der Waals surface area (Å²) in [5.41, 5.74) is 0. The molecule has 1 saturated carbocycles. The van der Waals surface area contributed by atoms with Crippen LogP contribution in [0.4, 0.5) is 0 Å². The number of ether oxygens (including phenoxy) is 1. The maximum absolute atomic E-state index is 6.26. The van der Waals surface area contributed by atoms with E-state index in [1.165, 1.54) is 64.6 Å². The molecule has 0 atom stereocenters. The lowest BCUT2D eigenvalue weighted by Crippen LogP contribution is -2.40. The van der Waals surface area contributed by atoms with Crippen LogP contribution in [0.1, 0.15) is 65.7 Å². The van der Waals surface area contributed by atoms with E-state index < -0.39 is 0 Å². The van der Waals surface area contributed by atoms with Gasteiger partial charge in [-0.2, -0.15) is 0 Å². The zero-order valence-electron chi connectivity index (χ0n) is 14.9. The fraction of sp³-hybridized carbons (Fsp3) is 1.00. The van der Waals surface area contributed by atoms with Gasteiger partial charge in [0.2, 0.25) is 0 Å². The highest BCUT2D eigenvalue weighted by molar-refractivity contribution is 4.75. The van der Waals surface area contributed by atoms with Crippen molar-refractivity contribution in [1.82, 2.24) is 10.2 Å². The highest BCUT2D eigenvalue weighted by atomic mass is 16.5. The van der Waals surface area contributed by atoms with E-state index >= 15 is 0 Å². The average Bonchev–Trinajstić information content (AvgIpc) is 2.50. The third kappa shape index (κ3) is 8.80. The number of hydrogen-bond acceptors (Lipinski definition) is 3. The number of hydrogen-bond donors (Lipinski definition) is 1. The van der Waals surface area contributed by atoms with Crippen molar-refractivity contribution >= 4 is 0 Å². The minimum Gasteiger partial charge on any atom is -0.375 e. The van der Waals surface area contributed by atoms with Gasteiger partial charge in [-0.15, -0.1) is 0 Å². The van der Waals surface area contributed by atoms with Gasteiger partial charge in [0.25, 0.3) is 0 Å².